The van der Waals surface area contributed by atoms with E-state index in [1.165, 1.54) is 11.3 Å². The molecule has 0 saturated carbocycles. The molecule has 1 aliphatic heterocycles. The highest BCUT2D eigenvalue weighted by molar-refractivity contribution is 7.16. The van der Waals surface area contributed by atoms with Crippen molar-refractivity contribution >= 4 is 21.6 Å². The summed E-state index contributed by atoms with van der Waals surface area (Å²) in [7, 11) is 0. The van der Waals surface area contributed by atoms with E-state index in [1.807, 2.05) is 37.3 Å². The van der Waals surface area contributed by atoms with Crippen molar-refractivity contribution in [2.75, 3.05) is 0 Å². The summed E-state index contributed by atoms with van der Waals surface area (Å²) in [5, 5.41) is 0.826. The molecule has 0 radical (unpaired) electrons. The molecule has 1 N–H and O–H groups in total. The molecule has 3 heterocycles. The lowest BCUT2D eigenvalue weighted by Gasteiger charge is -2.27. The Morgan fingerprint density at radius 2 is 2.00 bits per heavy atom. The van der Waals surface area contributed by atoms with E-state index in [0.29, 0.717) is 5.49 Å². The van der Waals surface area contributed by atoms with Crippen LogP contribution in [0.25, 0.3) is 10.2 Å². The third-order valence-corrected chi connectivity index (χ3v) is 5.06. The summed E-state index contributed by atoms with van der Waals surface area (Å²) in [5.41, 5.74) is 2.80. The molecule has 0 bridgehead atoms. The maximum absolute atomic E-state index is 11.6. The molecule has 5 nitrogen and oxygen atoms in total. The number of aromatic nitrogens is 2. The number of aromatic amines is 1. The SMILES string of the molecule is Cc1ccc2c(n1)=NC(c1ccc3[nH]c(=O)sc3c1)(C(C)C)N=2. The molecule has 1 atom stereocenters. The second kappa shape index (κ2) is 4.83. The first-order valence-corrected chi connectivity index (χ1v) is 8.36. The van der Waals surface area contributed by atoms with Crippen LogP contribution < -0.4 is 15.7 Å². The first-order chi connectivity index (χ1) is 11.0. The third kappa shape index (κ3) is 2.13. The normalized spacial score (nSPS) is 19.7. The number of benzene rings is 1. The summed E-state index contributed by atoms with van der Waals surface area (Å²) >= 11 is 1.21. The van der Waals surface area contributed by atoms with Crippen molar-refractivity contribution in [2.45, 2.75) is 26.4 Å². The Morgan fingerprint density at radius 1 is 1.17 bits per heavy atom. The van der Waals surface area contributed by atoms with Gasteiger partial charge in [0.15, 0.2) is 11.2 Å². The van der Waals surface area contributed by atoms with Crippen molar-refractivity contribution in [3.8, 4) is 0 Å². The van der Waals surface area contributed by atoms with Gasteiger partial charge in [-0.15, -0.1) is 0 Å². The van der Waals surface area contributed by atoms with Crippen molar-refractivity contribution < 1.29 is 0 Å². The lowest BCUT2D eigenvalue weighted by atomic mass is 9.89. The minimum Gasteiger partial charge on any atom is -0.312 e. The molecule has 0 fully saturated rings. The molecule has 0 aliphatic carbocycles. The fourth-order valence-corrected chi connectivity index (χ4v) is 3.75. The standard InChI is InChI=1S/C17H16N4OS/c1-9(2)17(20-13-6-4-10(3)18-15(13)21-17)11-5-7-12-14(8-11)23-16(22)19-12/h4-9H,1-3H3,(H,19,22). The summed E-state index contributed by atoms with van der Waals surface area (Å²) in [5.74, 6) is 0.171. The molecule has 4 rings (SSSR count). The van der Waals surface area contributed by atoms with Crippen molar-refractivity contribution in [3.05, 3.63) is 62.1 Å². The van der Waals surface area contributed by atoms with Gasteiger partial charge in [-0.25, -0.2) is 15.0 Å². The van der Waals surface area contributed by atoms with E-state index in [-0.39, 0.29) is 10.8 Å². The smallest absolute Gasteiger partial charge is 0.305 e. The lowest BCUT2D eigenvalue weighted by molar-refractivity contribution is 0.332. The second-order valence-electron chi connectivity index (χ2n) is 6.13. The van der Waals surface area contributed by atoms with Crippen LogP contribution in [0.4, 0.5) is 0 Å². The summed E-state index contributed by atoms with van der Waals surface area (Å²) in [6.07, 6.45) is 0. The van der Waals surface area contributed by atoms with Gasteiger partial charge in [-0.1, -0.05) is 31.3 Å². The van der Waals surface area contributed by atoms with Crippen LogP contribution >= 0.6 is 11.3 Å². The summed E-state index contributed by atoms with van der Waals surface area (Å²) in [6, 6.07) is 9.87. The van der Waals surface area contributed by atoms with Gasteiger partial charge in [0.2, 0.25) is 0 Å². The number of aryl methyl sites for hydroxylation is 1. The Hall–Kier alpha value is -2.34. The van der Waals surface area contributed by atoms with E-state index in [2.05, 4.69) is 23.8 Å². The Bertz CT molecular complexity index is 1100. The number of nitrogens with one attached hydrogen (secondary N) is 1. The minimum atomic E-state index is -0.676. The zero-order valence-electron chi connectivity index (χ0n) is 13.1. The quantitative estimate of drug-likeness (QED) is 0.784. The topological polar surface area (TPSA) is 70.5 Å². The van der Waals surface area contributed by atoms with Gasteiger partial charge in [-0.05, 0) is 31.2 Å². The number of nitrogens with zero attached hydrogens (tertiary/aromatic N) is 3. The number of H-pyrrole nitrogens is 1. The van der Waals surface area contributed by atoms with Crippen molar-refractivity contribution in [2.24, 2.45) is 15.9 Å². The predicted molar refractivity (Wildman–Crippen MR) is 90.2 cm³/mol. The molecule has 0 amide bonds. The van der Waals surface area contributed by atoms with Crippen LogP contribution in [-0.2, 0) is 5.66 Å². The Balaban J connectivity index is 1.99. The monoisotopic (exact) mass is 324 g/mol. The number of rotatable bonds is 2. The number of fused-ring (bicyclic) bond motifs is 2. The number of pyridine rings is 1. The van der Waals surface area contributed by atoms with Gasteiger partial charge in [-0.3, -0.25) is 4.79 Å². The van der Waals surface area contributed by atoms with Crippen molar-refractivity contribution in [1.29, 1.82) is 0 Å². The maximum Gasteiger partial charge on any atom is 0.305 e. The van der Waals surface area contributed by atoms with Crippen LogP contribution in [0, 0.1) is 12.8 Å². The largest absolute Gasteiger partial charge is 0.312 e. The van der Waals surface area contributed by atoms with Crippen LogP contribution in [0.3, 0.4) is 0 Å². The highest BCUT2D eigenvalue weighted by Crippen LogP contribution is 2.37. The molecule has 1 aromatic carbocycles. The molecule has 6 heteroatoms. The fourth-order valence-electron chi connectivity index (χ4n) is 2.97. The van der Waals surface area contributed by atoms with Crippen LogP contribution in [0.1, 0.15) is 25.1 Å². The molecular weight excluding hydrogens is 308 g/mol. The van der Waals surface area contributed by atoms with E-state index in [1.54, 1.807) is 0 Å². The average Bonchev–Trinajstić information content (AvgIpc) is 3.05. The molecule has 1 aliphatic rings. The number of thiazole rings is 1. The van der Waals surface area contributed by atoms with E-state index in [9.17, 15) is 4.79 Å². The van der Waals surface area contributed by atoms with Crippen LogP contribution in [-0.4, -0.2) is 9.97 Å². The van der Waals surface area contributed by atoms with E-state index < -0.39 is 5.66 Å². The van der Waals surface area contributed by atoms with Gasteiger partial charge in [-0.2, -0.15) is 0 Å². The Morgan fingerprint density at radius 3 is 2.78 bits per heavy atom. The van der Waals surface area contributed by atoms with E-state index in [4.69, 9.17) is 9.98 Å². The van der Waals surface area contributed by atoms with Crippen molar-refractivity contribution in [1.82, 2.24) is 9.97 Å². The van der Waals surface area contributed by atoms with Gasteiger partial charge >= 0.3 is 4.87 Å². The van der Waals surface area contributed by atoms with Crippen LogP contribution in [0.15, 0.2) is 45.1 Å². The van der Waals surface area contributed by atoms with Crippen LogP contribution in [0.5, 0.6) is 0 Å². The summed E-state index contributed by atoms with van der Waals surface area (Å²) in [4.78, 5) is 28.6. The first kappa shape index (κ1) is 14.3. The fraction of sp³-hybridized carbons (Fsp3) is 0.294. The summed E-state index contributed by atoms with van der Waals surface area (Å²) < 4.78 is 0.929. The van der Waals surface area contributed by atoms with E-state index >= 15 is 0 Å². The van der Waals surface area contributed by atoms with E-state index in [0.717, 1.165) is 26.8 Å². The number of hydrogen-bond donors (Lipinski definition) is 1. The average molecular weight is 324 g/mol. The van der Waals surface area contributed by atoms with Gasteiger partial charge in [0.1, 0.15) is 5.36 Å². The number of hydrogen-bond acceptors (Lipinski definition) is 5. The minimum absolute atomic E-state index is 0.0448. The highest BCUT2D eigenvalue weighted by atomic mass is 32.1. The molecule has 116 valence electrons. The molecule has 0 saturated heterocycles. The molecule has 3 aromatic rings. The molecular formula is C17H16N4OS. The zero-order chi connectivity index (χ0) is 16.2. The van der Waals surface area contributed by atoms with Gasteiger partial charge in [0, 0.05) is 17.2 Å². The lowest BCUT2D eigenvalue weighted by Crippen LogP contribution is -2.27. The van der Waals surface area contributed by atoms with Gasteiger partial charge in [0.05, 0.1) is 10.2 Å². The predicted octanol–water partition coefficient (Wildman–Crippen LogP) is 2.05. The van der Waals surface area contributed by atoms with Crippen molar-refractivity contribution in [3.63, 3.8) is 0 Å². The highest BCUT2D eigenvalue weighted by Gasteiger charge is 2.37. The molecule has 1 unspecified atom stereocenters. The zero-order valence-corrected chi connectivity index (χ0v) is 13.9. The Kier molecular flexibility index (Phi) is 2.99. The molecule has 23 heavy (non-hydrogen) atoms. The van der Waals surface area contributed by atoms with Gasteiger partial charge in [0.25, 0.3) is 0 Å². The summed E-state index contributed by atoms with van der Waals surface area (Å²) in [6.45, 7) is 6.17. The van der Waals surface area contributed by atoms with Crippen LogP contribution in [0.2, 0.25) is 0 Å². The first-order valence-electron chi connectivity index (χ1n) is 7.55. The Labute approximate surface area is 136 Å². The van der Waals surface area contributed by atoms with Gasteiger partial charge < -0.3 is 4.98 Å². The second-order valence-corrected chi connectivity index (χ2v) is 7.14. The third-order valence-electron chi connectivity index (χ3n) is 4.21. The molecule has 2 aromatic heterocycles. The molecule has 0 spiro atoms. The maximum atomic E-state index is 11.6.